The van der Waals surface area contributed by atoms with Gasteiger partial charge in [0.1, 0.15) is 5.75 Å². The number of nitrogens with zero attached hydrogens (tertiary/aromatic N) is 3. The average molecular weight is 277 g/mol. The van der Waals surface area contributed by atoms with Gasteiger partial charge in [0.05, 0.1) is 7.11 Å². The molecule has 1 aromatic carbocycles. The minimum absolute atomic E-state index is 0.499. The summed E-state index contributed by atoms with van der Waals surface area (Å²) in [7, 11) is 5.23. The van der Waals surface area contributed by atoms with Crippen LogP contribution in [0.4, 0.5) is 6.01 Å². The average Bonchev–Trinajstić information content (AvgIpc) is 2.97. The van der Waals surface area contributed by atoms with Crippen LogP contribution in [0.5, 0.6) is 5.75 Å². The molecule has 0 saturated carbocycles. The molecule has 2 rings (SSSR count). The molecule has 0 saturated heterocycles. The van der Waals surface area contributed by atoms with Crippen LogP contribution in [0.1, 0.15) is 6.42 Å². The van der Waals surface area contributed by atoms with Gasteiger partial charge in [-0.2, -0.15) is 4.98 Å². The molecule has 0 N–H and O–H groups in total. The van der Waals surface area contributed by atoms with Crippen molar-refractivity contribution in [2.24, 2.45) is 0 Å². The van der Waals surface area contributed by atoms with Crippen molar-refractivity contribution in [2.45, 2.75) is 6.42 Å². The quantitative estimate of drug-likeness (QED) is 0.723. The van der Waals surface area contributed by atoms with E-state index in [2.05, 4.69) is 10.1 Å². The van der Waals surface area contributed by atoms with Crippen molar-refractivity contribution >= 4 is 6.01 Å². The Balaban J connectivity index is 2.07. The van der Waals surface area contributed by atoms with Gasteiger partial charge < -0.3 is 18.9 Å². The molecule has 0 aliphatic rings. The van der Waals surface area contributed by atoms with Crippen molar-refractivity contribution in [3.63, 3.8) is 0 Å². The van der Waals surface area contributed by atoms with E-state index >= 15 is 0 Å². The van der Waals surface area contributed by atoms with E-state index in [0.29, 0.717) is 18.4 Å². The standard InChI is InChI=1S/C14H19N3O3/c1-17(8-5-9-18-2)14-15-13(16-20-14)11-6-4-7-12(10-11)19-3/h4,6-7,10H,5,8-9H2,1-3H3. The molecule has 0 unspecified atom stereocenters. The zero-order valence-electron chi connectivity index (χ0n) is 12.0. The first-order valence-electron chi connectivity index (χ1n) is 6.43. The molecule has 20 heavy (non-hydrogen) atoms. The third kappa shape index (κ3) is 3.48. The highest BCUT2D eigenvalue weighted by atomic mass is 16.5. The first-order chi connectivity index (χ1) is 9.74. The monoisotopic (exact) mass is 277 g/mol. The second-order valence-corrected chi connectivity index (χ2v) is 4.40. The summed E-state index contributed by atoms with van der Waals surface area (Å²) in [6.07, 6.45) is 0.907. The van der Waals surface area contributed by atoms with Crippen molar-refractivity contribution in [3.05, 3.63) is 24.3 Å². The Kier molecular flexibility index (Phi) is 4.95. The molecule has 6 nitrogen and oxygen atoms in total. The van der Waals surface area contributed by atoms with Crippen LogP contribution < -0.4 is 9.64 Å². The maximum absolute atomic E-state index is 5.27. The number of hydrogen-bond donors (Lipinski definition) is 0. The lowest BCUT2D eigenvalue weighted by atomic mass is 10.2. The fraction of sp³-hybridized carbons (Fsp3) is 0.429. The van der Waals surface area contributed by atoms with Crippen molar-refractivity contribution in [1.82, 2.24) is 10.1 Å². The number of ether oxygens (including phenoxy) is 2. The highest BCUT2D eigenvalue weighted by Gasteiger charge is 2.12. The molecule has 6 heteroatoms. The Morgan fingerprint density at radius 2 is 2.15 bits per heavy atom. The summed E-state index contributed by atoms with van der Waals surface area (Å²) in [6.45, 7) is 1.51. The third-order valence-corrected chi connectivity index (χ3v) is 2.91. The highest BCUT2D eigenvalue weighted by molar-refractivity contribution is 5.58. The van der Waals surface area contributed by atoms with Gasteiger partial charge in [0, 0.05) is 32.9 Å². The van der Waals surface area contributed by atoms with E-state index < -0.39 is 0 Å². The van der Waals surface area contributed by atoms with Crippen LogP contribution in [0.3, 0.4) is 0 Å². The summed E-state index contributed by atoms with van der Waals surface area (Å²) in [5, 5.41) is 4.00. The van der Waals surface area contributed by atoms with Gasteiger partial charge in [-0.05, 0) is 18.6 Å². The van der Waals surface area contributed by atoms with Gasteiger partial charge in [-0.3, -0.25) is 0 Å². The summed E-state index contributed by atoms with van der Waals surface area (Å²) in [6, 6.07) is 8.06. The molecule has 1 aromatic heterocycles. The third-order valence-electron chi connectivity index (χ3n) is 2.91. The number of aromatic nitrogens is 2. The topological polar surface area (TPSA) is 60.6 Å². The van der Waals surface area contributed by atoms with Crippen LogP contribution in [0.25, 0.3) is 11.4 Å². The minimum Gasteiger partial charge on any atom is -0.497 e. The number of anilines is 1. The van der Waals surface area contributed by atoms with Gasteiger partial charge in [-0.1, -0.05) is 17.3 Å². The SMILES string of the molecule is COCCCN(C)c1nc(-c2cccc(OC)c2)no1. The predicted molar refractivity (Wildman–Crippen MR) is 76.0 cm³/mol. The van der Waals surface area contributed by atoms with Crippen LogP contribution in [-0.4, -0.2) is 44.6 Å². The van der Waals surface area contributed by atoms with Crippen molar-refractivity contribution in [2.75, 3.05) is 39.3 Å². The van der Waals surface area contributed by atoms with Crippen LogP contribution in [0, 0.1) is 0 Å². The summed E-state index contributed by atoms with van der Waals surface area (Å²) >= 11 is 0. The summed E-state index contributed by atoms with van der Waals surface area (Å²) in [4.78, 5) is 6.30. The molecule has 0 atom stereocenters. The van der Waals surface area contributed by atoms with Crippen LogP contribution in [0.15, 0.2) is 28.8 Å². The second kappa shape index (κ2) is 6.91. The molecule has 108 valence electrons. The maximum atomic E-state index is 5.27. The molecular weight excluding hydrogens is 258 g/mol. The summed E-state index contributed by atoms with van der Waals surface area (Å²) < 4.78 is 15.5. The molecule has 0 amide bonds. The van der Waals surface area contributed by atoms with E-state index in [1.807, 2.05) is 36.2 Å². The molecule has 1 heterocycles. The normalized spacial score (nSPS) is 10.6. The molecular formula is C14H19N3O3. The van der Waals surface area contributed by atoms with Crippen LogP contribution in [-0.2, 0) is 4.74 Å². The fourth-order valence-electron chi connectivity index (χ4n) is 1.79. The van der Waals surface area contributed by atoms with Gasteiger partial charge in [0.2, 0.25) is 5.82 Å². The number of rotatable bonds is 7. The Labute approximate surface area is 118 Å². The smallest absolute Gasteiger partial charge is 0.324 e. The molecule has 0 aliphatic heterocycles. The largest absolute Gasteiger partial charge is 0.497 e. The Bertz CT molecular complexity index is 542. The second-order valence-electron chi connectivity index (χ2n) is 4.40. The fourth-order valence-corrected chi connectivity index (χ4v) is 1.79. The lowest BCUT2D eigenvalue weighted by Gasteiger charge is -2.12. The molecule has 0 aliphatic carbocycles. The molecule has 0 spiro atoms. The lowest BCUT2D eigenvalue weighted by molar-refractivity contribution is 0.196. The van der Waals surface area contributed by atoms with Gasteiger partial charge >= 0.3 is 6.01 Å². The van der Waals surface area contributed by atoms with Gasteiger partial charge in [-0.15, -0.1) is 0 Å². The van der Waals surface area contributed by atoms with E-state index in [9.17, 15) is 0 Å². The zero-order valence-corrected chi connectivity index (χ0v) is 12.0. The van der Waals surface area contributed by atoms with E-state index in [1.165, 1.54) is 0 Å². The molecule has 0 radical (unpaired) electrons. The Hall–Kier alpha value is -2.08. The number of benzene rings is 1. The molecule has 0 fully saturated rings. The van der Waals surface area contributed by atoms with Gasteiger partial charge in [0.15, 0.2) is 0 Å². The van der Waals surface area contributed by atoms with E-state index in [4.69, 9.17) is 14.0 Å². The van der Waals surface area contributed by atoms with Gasteiger partial charge in [-0.25, -0.2) is 0 Å². The van der Waals surface area contributed by atoms with E-state index in [-0.39, 0.29) is 0 Å². The van der Waals surface area contributed by atoms with E-state index in [1.54, 1.807) is 14.2 Å². The first-order valence-corrected chi connectivity index (χ1v) is 6.43. The van der Waals surface area contributed by atoms with Crippen LogP contribution in [0.2, 0.25) is 0 Å². The number of hydrogen-bond acceptors (Lipinski definition) is 6. The van der Waals surface area contributed by atoms with Crippen molar-refractivity contribution < 1.29 is 14.0 Å². The summed E-state index contributed by atoms with van der Waals surface area (Å²) in [5.74, 6) is 1.32. The highest BCUT2D eigenvalue weighted by Crippen LogP contribution is 2.23. The number of methoxy groups -OCH3 is 2. The zero-order chi connectivity index (χ0) is 14.4. The van der Waals surface area contributed by atoms with E-state index in [0.717, 1.165) is 24.3 Å². The van der Waals surface area contributed by atoms with Crippen LogP contribution >= 0.6 is 0 Å². The first kappa shape index (κ1) is 14.3. The summed E-state index contributed by atoms with van der Waals surface area (Å²) in [5.41, 5.74) is 0.865. The molecule has 2 aromatic rings. The molecule has 0 bridgehead atoms. The Morgan fingerprint density at radius 3 is 2.90 bits per heavy atom. The van der Waals surface area contributed by atoms with Crippen molar-refractivity contribution in [3.8, 4) is 17.1 Å². The predicted octanol–water partition coefficient (Wildman–Crippen LogP) is 2.22. The Morgan fingerprint density at radius 1 is 1.30 bits per heavy atom. The van der Waals surface area contributed by atoms with Crippen molar-refractivity contribution in [1.29, 1.82) is 0 Å². The van der Waals surface area contributed by atoms with Gasteiger partial charge in [0.25, 0.3) is 0 Å². The minimum atomic E-state index is 0.499. The maximum Gasteiger partial charge on any atom is 0.324 e. The lowest BCUT2D eigenvalue weighted by Crippen LogP contribution is -2.19.